The summed E-state index contributed by atoms with van der Waals surface area (Å²) in [6.07, 6.45) is 0. The summed E-state index contributed by atoms with van der Waals surface area (Å²) >= 11 is 1.29. The van der Waals surface area contributed by atoms with Crippen LogP contribution < -0.4 is 4.74 Å². The van der Waals surface area contributed by atoms with E-state index < -0.39 is 0 Å². The van der Waals surface area contributed by atoms with Crippen molar-refractivity contribution < 1.29 is 13.9 Å². The maximum Gasteiger partial charge on any atom is 0.196 e. The molecule has 7 heteroatoms. The lowest BCUT2D eigenvalue weighted by Gasteiger charge is -2.11. The van der Waals surface area contributed by atoms with E-state index in [0.717, 1.165) is 22.6 Å². The van der Waals surface area contributed by atoms with E-state index in [9.17, 15) is 9.18 Å². The lowest BCUT2D eigenvalue weighted by atomic mass is 10.1. The molecule has 5 nitrogen and oxygen atoms in total. The maximum absolute atomic E-state index is 13.1. The van der Waals surface area contributed by atoms with E-state index in [0.29, 0.717) is 16.5 Å². The minimum atomic E-state index is -0.369. The third-order valence-corrected chi connectivity index (χ3v) is 5.70. The van der Waals surface area contributed by atoms with Gasteiger partial charge in [-0.2, -0.15) is 0 Å². The molecule has 0 N–H and O–H groups in total. The summed E-state index contributed by atoms with van der Waals surface area (Å²) in [5.41, 5.74) is 3.39. The van der Waals surface area contributed by atoms with Gasteiger partial charge in [-0.05, 0) is 55.5 Å². The molecule has 4 aromatic rings. The van der Waals surface area contributed by atoms with Crippen LogP contribution in [-0.2, 0) is 0 Å². The Bertz CT molecular complexity index is 1190. The third kappa shape index (κ3) is 4.67. The van der Waals surface area contributed by atoms with Gasteiger partial charge in [0.05, 0.1) is 12.9 Å². The van der Waals surface area contributed by atoms with Crippen molar-refractivity contribution in [2.75, 3.05) is 12.9 Å². The zero-order valence-electron chi connectivity index (χ0n) is 17.1. The highest BCUT2D eigenvalue weighted by Crippen LogP contribution is 2.29. The molecule has 0 amide bonds. The highest BCUT2D eigenvalue weighted by Gasteiger charge is 2.18. The Morgan fingerprint density at radius 2 is 1.65 bits per heavy atom. The van der Waals surface area contributed by atoms with Crippen molar-refractivity contribution in [3.05, 3.63) is 89.7 Å². The summed E-state index contributed by atoms with van der Waals surface area (Å²) in [5, 5.41) is 9.34. The average molecular weight is 434 g/mol. The lowest BCUT2D eigenvalue weighted by Crippen LogP contribution is -2.05. The van der Waals surface area contributed by atoms with Gasteiger partial charge in [-0.25, -0.2) is 4.39 Å². The van der Waals surface area contributed by atoms with Crippen LogP contribution >= 0.6 is 11.8 Å². The van der Waals surface area contributed by atoms with Crippen LogP contribution in [0.1, 0.15) is 15.9 Å². The van der Waals surface area contributed by atoms with Crippen LogP contribution in [0.25, 0.3) is 17.1 Å². The molecule has 0 aliphatic rings. The first-order valence-corrected chi connectivity index (χ1v) is 10.6. The molecular weight excluding hydrogens is 413 g/mol. The van der Waals surface area contributed by atoms with Gasteiger partial charge in [0.2, 0.25) is 0 Å². The quantitative estimate of drug-likeness (QED) is 0.290. The van der Waals surface area contributed by atoms with Gasteiger partial charge in [-0.3, -0.25) is 9.36 Å². The number of aryl methyl sites for hydroxylation is 1. The second-order valence-corrected chi connectivity index (χ2v) is 7.87. The Morgan fingerprint density at radius 3 is 2.29 bits per heavy atom. The maximum atomic E-state index is 13.1. The smallest absolute Gasteiger partial charge is 0.196 e. The number of aromatic nitrogens is 3. The predicted molar refractivity (Wildman–Crippen MR) is 120 cm³/mol. The van der Waals surface area contributed by atoms with Crippen molar-refractivity contribution in [3.8, 4) is 22.8 Å². The zero-order chi connectivity index (χ0) is 21.8. The molecule has 0 atom stereocenters. The molecule has 0 unspecified atom stereocenters. The van der Waals surface area contributed by atoms with Crippen LogP contribution in [0.5, 0.6) is 5.75 Å². The molecular formula is C24H20FN3O2S. The SMILES string of the molecule is COc1ccc(-n2c(SCC(=O)c3ccc(F)cc3)nnc2-c2ccc(C)cc2)cc1. The predicted octanol–water partition coefficient (Wildman–Crippen LogP) is 5.37. The summed E-state index contributed by atoms with van der Waals surface area (Å²) in [6, 6.07) is 21.2. The van der Waals surface area contributed by atoms with Crippen molar-refractivity contribution >= 4 is 17.5 Å². The number of nitrogens with zero attached hydrogens (tertiary/aromatic N) is 3. The topological polar surface area (TPSA) is 57.0 Å². The van der Waals surface area contributed by atoms with Gasteiger partial charge in [0, 0.05) is 16.8 Å². The molecule has 3 aromatic carbocycles. The van der Waals surface area contributed by atoms with Crippen molar-refractivity contribution in [3.63, 3.8) is 0 Å². The molecule has 0 saturated carbocycles. The number of ether oxygens (including phenoxy) is 1. The van der Waals surface area contributed by atoms with E-state index in [1.54, 1.807) is 7.11 Å². The second-order valence-electron chi connectivity index (χ2n) is 6.92. The minimum absolute atomic E-state index is 0.105. The first-order valence-electron chi connectivity index (χ1n) is 9.63. The molecule has 156 valence electrons. The van der Waals surface area contributed by atoms with Gasteiger partial charge in [0.15, 0.2) is 16.8 Å². The number of ketones is 1. The highest BCUT2D eigenvalue weighted by atomic mass is 32.2. The fraction of sp³-hybridized carbons (Fsp3) is 0.125. The van der Waals surface area contributed by atoms with Crippen molar-refractivity contribution in [2.24, 2.45) is 0 Å². The number of halogens is 1. The van der Waals surface area contributed by atoms with E-state index in [1.165, 1.54) is 36.0 Å². The van der Waals surface area contributed by atoms with Crippen LogP contribution in [-0.4, -0.2) is 33.4 Å². The summed E-state index contributed by atoms with van der Waals surface area (Å²) in [7, 11) is 1.62. The van der Waals surface area contributed by atoms with Gasteiger partial charge >= 0.3 is 0 Å². The van der Waals surface area contributed by atoms with E-state index in [1.807, 2.05) is 60.0 Å². The van der Waals surface area contributed by atoms with Crippen LogP contribution in [0.2, 0.25) is 0 Å². The van der Waals surface area contributed by atoms with Crippen LogP contribution in [0, 0.1) is 12.7 Å². The molecule has 0 radical (unpaired) electrons. The fourth-order valence-corrected chi connectivity index (χ4v) is 3.91. The first kappa shape index (κ1) is 20.8. The summed E-state index contributed by atoms with van der Waals surface area (Å²) < 4.78 is 20.3. The molecule has 0 aliphatic heterocycles. The number of rotatable bonds is 7. The van der Waals surface area contributed by atoms with Crippen LogP contribution in [0.3, 0.4) is 0 Å². The van der Waals surface area contributed by atoms with Crippen molar-refractivity contribution in [1.29, 1.82) is 0 Å². The van der Waals surface area contributed by atoms with Gasteiger partial charge in [0.1, 0.15) is 11.6 Å². The van der Waals surface area contributed by atoms with Crippen LogP contribution in [0.4, 0.5) is 4.39 Å². The number of hydrogen-bond acceptors (Lipinski definition) is 5. The first-order chi connectivity index (χ1) is 15.0. The number of hydrogen-bond donors (Lipinski definition) is 0. The van der Waals surface area contributed by atoms with Gasteiger partial charge in [0.25, 0.3) is 0 Å². The molecule has 0 fully saturated rings. The Morgan fingerprint density at radius 1 is 0.968 bits per heavy atom. The lowest BCUT2D eigenvalue weighted by molar-refractivity contribution is 0.102. The van der Waals surface area contributed by atoms with E-state index in [2.05, 4.69) is 10.2 Å². The molecule has 4 rings (SSSR count). The molecule has 0 bridgehead atoms. The Labute approximate surface area is 183 Å². The van der Waals surface area contributed by atoms with E-state index in [-0.39, 0.29) is 17.4 Å². The second kappa shape index (κ2) is 9.14. The Kier molecular flexibility index (Phi) is 6.13. The number of carbonyl (C=O) groups is 1. The van der Waals surface area contributed by atoms with Gasteiger partial charge in [-0.15, -0.1) is 10.2 Å². The standard InChI is InChI=1S/C24H20FN3O2S/c1-16-3-5-18(6-4-16)23-26-27-24(28(23)20-11-13-21(30-2)14-12-20)31-15-22(29)17-7-9-19(25)10-8-17/h3-14H,15H2,1-2H3. The zero-order valence-corrected chi connectivity index (χ0v) is 17.9. The normalized spacial score (nSPS) is 10.8. The average Bonchev–Trinajstić information content (AvgIpc) is 3.22. The number of carbonyl (C=O) groups excluding carboxylic acids is 1. The summed E-state index contributed by atoms with van der Waals surface area (Å²) in [5.74, 6) is 1.11. The number of benzene rings is 3. The molecule has 0 aliphatic carbocycles. The number of thioether (sulfide) groups is 1. The number of methoxy groups -OCH3 is 1. The van der Waals surface area contributed by atoms with Crippen LogP contribution in [0.15, 0.2) is 78.0 Å². The summed E-state index contributed by atoms with van der Waals surface area (Å²) in [4.78, 5) is 12.6. The molecule has 0 saturated heterocycles. The fourth-order valence-electron chi connectivity index (χ4n) is 3.07. The number of Topliss-reactive ketones (excluding diaryl/α,β-unsaturated/α-hetero) is 1. The van der Waals surface area contributed by atoms with Gasteiger partial charge in [-0.1, -0.05) is 41.6 Å². The summed E-state index contributed by atoms with van der Waals surface area (Å²) in [6.45, 7) is 2.03. The Balaban J connectivity index is 1.67. The van der Waals surface area contributed by atoms with Crippen molar-refractivity contribution in [1.82, 2.24) is 14.8 Å². The Hall–Kier alpha value is -3.45. The largest absolute Gasteiger partial charge is 0.497 e. The highest BCUT2D eigenvalue weighted by molar-refractivity contribution is 7.99. The molecule has 31 heavy (non-hydrogen) atoms. The van der Waals surface area contributed by atoms with Gasteiger partial charge < -0.3 is 4.74 Å². The van der Waals surface area contributed by atoms with Crippen molar-refractivity contribution in [2.45, 2.75) is 12.1 Å². The molecule has 0 spiro atoms. The third-order valence-electron chi connectivity index (χ3n) is 4.77. The molecule has 1 heterocycles. The molecule has 1 aromatic heterocycles. The monoisotopic (exact) mass is 433 g/mol. The van der Waals surface area contributed by atoms with E-state index in [4.69, 9.17) is 4.74 Å². The minimum Gasteiger partial charge on any atom is -0.497 e. The van der Waals surface area contributed by atoms with E-state index >= 15 is 0 Å².